The third-order valence-electron chi connectivity index (χ3n) is 3.43. The summed E-state index contributed by atoms with van der Waals surface area (Å²) in [5, 5.41) is 6.16. The highest BCUT2D eigenvalue weighted by Gasteiger charge is 2.28. The van der Waals surface area contributed by atoms with E-state index in [4.69, 9.17) is 4.74 Å². The van der Waals surface area contributed by atoms with Gasteiger partial charge in [0.05, 0.1) is 18.5 Å². The molecule has 2 heterocycles. The van der Waals surface area contributed by atoms with Crippen molar-refractivity contribution in [2.75, 3.05) is 32.1 Å². The summed E-state index contributed by atoms with van der Waals surface area (Å²) < 4.78 is 42.6. The molecule has 0 spiro atoms. The van der Waals surface area contributed by atoms with E-state index < -0.39 is 12.7 Å². The molecule has 1 saturated heterocycles. The molecule has 0 radical (unpaired) electrons. The summed E-state index contributed by atoms with van der Waals surface area (Å²) in [5.74, 6) is 0.289. The van der Waals surface area contributed by atoms with E-state index >= 15 is 0 Å². The van der Waals surface area contributed by atoms with Gasteiger partial charge in [0.1, 0.15) is 6.54 Å². The number of hydrogen-bond donors (Lipinski definition) is 1. The smallest absolute Gasteiger partial charge is 0.384 e. The quantitative estimate of drug-likeness (QED) is 0.926. The number of carbonyl (C=O) groups excluding carboxylic acids is 1. The number of methoxy groups -OCH3 is 1. The highest BCUT2D eigenvalue weighted by molar-refractivity contribution is 5.89. The minimum atomic E-state index is -4.34. The van der Waals surface area contributed by atoms with Crippen LogP contribution in [0.15, 0.2) is 12.4 Å². The van der Waals surface area contributed by atoms with Crippen molar-refractivity contribution in [2.24, 2.45) is 5.92 Å². The number of likely N-dealkylation sites (tertiary alicyclic amines) is 1. The Labute approximate surface area is 126 Å². The van der Waals surface area contributed by atoms with Gasteiger partial charge in [0.25, 0.3) is 0 Å². The number of alkyl halides is 3. The Bertz CT molecular complexity index is 502. The molecule has 9 heteroatoms. The van der Waals surface area contributed by atoms with Crippen LogP contribution in [0, 0.1) is 5.92 Å². The van der Waals surface area contributed by atoms with Crippen LogP contribution in [0.1, 0.15) is 12.8 Å². The monoisotopic (exact) mass is 320 g/mol. The van der Waals surface area contributed by atoms with Crippen molar-refractivity contribution in [1.29, 1.82) is 0 Å². The van der Waals surface area contributed by atoms with Gasteiger partial charge in [-0.05, 0) is 12.8 Å². The van der Waals surface area contributed by atoms with E-state index in [0.717, 1.165) is 17.5 Å². The molecule has 1 fully saturated rings. The van der Waals surface area contributed by atoms with Gasteiger partial charge in [-0.2, -0.15) is 18.3 Å². The zero-order valence-corrected chi connectivity index (χ0v) is 12.3. The molecule has 22 heavy (non-hydrogen) atoms. The summed E-state index contributed by atoms with van der Waals surface area (Å²) in [7, 11) is 1.62. The Morgan fingerprint density at radius 3 is 3.00 bits per heavy atom. The highest BCUT2D eigenvalue weighted by atomic mass is 19.4. The third-order valence-corrected chi connectivity index (χ3v) is 3.43. The first-order valence-corrected chi connectivity index (χ1v) is 7.01. The number of urea groups is 1. The van der Waals surface area contributed by atoms with E-state index in [1.54, 1.807) is 12.0 Å². The minimum Gasteiger partial charge on any atom is -0.384 e. The molecular formula is C13H19F3N4O2. The Kier molecular flexibility index (Phi) is 5.28. The second-order valence-corrected chi connectivity index (χ2v) is 5.38. The van der Waals surface area contributed by atoms with Gasteiger partial charge >= 0.3 is 12.2 Å². The zero-order chi connectivity index (χ0) is 16.2. The summed E-state index contributed by atoms with van der Waals surface area (Å²) >= 11 is 0. The molecule has 2 amide bonds. The molecule has 6 nitrogen and oxygen atoms in total. The molecule has 0 aromatic carbocycles. The van der Waals surface area contributed by atoms with Gasteiger partial charge in [-0.25, -0.2) is 4.79 Å². The van der Waals surface area contributed by atoms with E-state index in [2.05, 4.69) is 10.4 Å². The number of hydrogen-bond acceptors (Lipinski definition) is 3. The van der Waals surface area contributed by atoms with Crippen molar-refractivity contribution in [1.82, 2.24) is 14.7 Å². The lowest BCUT2D eigenvalue weighted by Crippen LogP contribution is -2.43. The topological polar surface area (TPSA) is 59.4 Å². The fraction of sp³-hybridized carbons (Fsp3) is 0.692. The van der Waals surface area contributed by atoms with Crippen molar-refractivity contribution < 1.29 is 22.7 Å². The van der Waals surface area contributed by atoms with E-state index in [1.165, 1.54) is 12.4 Å². The minimum absolute atomic E-state index is 0.253. The zero-order valence-electron chi connectivity index (χ0n) is 12.3. The molecule has 1 aromatic rings. The summed E-state index contributed by atoms with van der Waals surface area (Å²) in [6.07, 6.45) is -0.0777. The number of rotatable bonds is 4. The summed E-state index contributed by atoms with van der Waals surface area (Å²) in [4.78, 5) is 13.8. The number of piperidine rings is 1. The standard InChI is InChI=1S/C13H19F3N4O2/c1-22-8-10-3-2-4-19(6-10)12(21)18-11-5-17-20(7-11)9-13(14,15)16/h5,7,10H,2-4,6,8-9H2,1H3,(H,18,21). The van der Waals surface area contributed by atoms with Crippen molar-refractivity contribution in [3.8, 4) is 0 Å². The molecule has 2 rings (SSSR count). The lowest BCUT2D eigenvalue weighted by atomic mass is 9.99. The number of halogens is 3. The second-order valence-electron chi connectivity index (χ2n) is 5.38. The summed E-state index contributed by atoms with van der Waals surface area (Å²) in [6.45, 7) is 0.620. The fourth-order valence-electron chi connectivity index (χ4n) is 2.52. The van der Waals surface area contributed by atoms with E-state index in [1.807, 2.05) is 0 Å². The molecule has 1 N–H and O–H groups in total. The van der Waals surface area contributed by atoms with Gasteiger partial charge in [-0.3, -0.25) is 4.68 Å². The SMILES string of the molecule is COCC1CCCN(C(=O)Nc2cnn(CC(F)(F)F)c2)C1. The third kappa shape index (κ3) is 4.90. The highest BCUT2D eigenvalue weighted by Crippen LogP contribution is 2.20. The van der Waals surface area contributed by atoms with E-state index in [0.29, 0.717) is 19.7 Å². The van der Waals surface area contributed by atoms with Crippen molar-refractivity contribution in [3.05, 3.63) is 12.4 Å². The van der Waals surface area contributed by atoms with Gasteiger partial charge in [-0.15, -0.1) is 0 Å². The maximum Gasteiger partial charge on any atom is 0.408 e. The van der Waals surface area contributed by atoms with Gasteiger partial charge < -0.3 is 15.0 Å². The number of amides is 2. The Morgan fingerprint density at radius 2 is 2.32 bits per heavy atom. The molecule has 0 aliphatic carbocycles. The summed E-state index contributed by atoms with van der Waals surface area (Å²) in [6, 6.07) is -0.327. The van der Waals surface area contributed by atoms with Crippen LogP contribution in [-0.2, 0) is 11.3 Å². The predicted octanol–water partition coefficient (Wildman–Crippen LogP) is 2.34. The van der Waals surface area contributed by atoms with Crippen LogP contribution in [0.25, 0.3) is 0 Å². The van der Waals surface area contributed by atoms with Gasteiger partial charge in [-0.1, -0.05) is 0 Å². The maximum absolute atomic E-state index is 12.3. The molecule has 1 unspecified atom stereocenters. The van der Waals surface area contributed by atoms with E-state index in [9.17, 15) is 18.0 Å². The maximum atomic E-state index is 12.3. The Balaban J connectivity index is 1.89. The van der Waals surface area contributed by atoms with Crippen LogP contribution >= 0.6 is 0 Å². The number of carbonyl (C=O) groups is 1. The molecule has 1 aliphatic heterocycles. The fourth-order valence-corrected chi connectivity index (χ4v) is 2.52. The van der Waals surface area contributed by atoms with Crippen LogP contribution in [0.5, 0.6) is 0 Å². The number of anilines is 1. The van der Waals surface area contributed by atoms with Gasteiger partial charge in [0.2, 0.25) is 0 Å². The normalized spacial score (nSPS) is 19.3. The van der Waals surface area contributed by atoms with Crippen LogP contribution in [0.3, 0.4) is 0 Å². The Morgan fingerprint density at radius 1 is 1.55 bits per heavy atom. The number of ether oxygens (including phenoxy) is 1. The van der Waals surface area contributed by atoms with Crippen LogP contribution < -0.4 is 5.32 Å². The van der Waals surface area contributed by atoms with Crippen molar-refractivity contribution in [2.45, 2.75) is 25.6 Å². The largest absolute Gasteiger partial charge is 0.408 e. The first kappa shape index (κ1) is 16.6. The average Bonchev–Trinajstić information content (AvgIpc) is 2.84. The predicted molar refractivity (Wildman–Crippen MR) is 73.5 cm³/mol. The first-order chi connectivity index (χ1) is 10.4. The number of aromatic nitrogens is 2. The average molecular weight is 320 g/mol. The molecule has 1 aliphatic rings. The molecule has 1 aromatic heterocycles. The van der Waals surface area contributed by atoms with Crippen LogP contribution in [0.4, 0.5) is 23.7 Å². The molecule has 1 atom stereocenters. The van der Waals surface area contributed by atoms with Gasteiger partial charge in [0.15, 0.2) is 0 Å². The second kappa shape index (κ2) is 6.99. The molecular weight excluding hydrogens is 301 g/mol. The molecule has 124 valence electrons. The van der Waals surface area contributed by atoms with Crippen molar-refractivity contribution >= 4 is 11.7 Å². The lowest BCUT2D eigenvalue weighted by Gasteiger charge is -2.32. The molecule has 0 saturated carbocycles. The number of nitrogens with one attached hydrogen (secondary N) is 1. The van der Waals surface area contributed by atoms with Crippen LogP contribution in [-0.4, -0.2) is 53.7 Å². The first-order valence-electron chi connectivity index (χ1n) is 7.01. The lowest BCUT2D eigenvalue weighted by molar-refractivity contribution is -0.142. The molecule has 0 bridgehead atoms. The van der Waals surface area contributed by atoms with E-state index in [-0.39, 0.29) is 17.6 Å². The van der Waals surface area contributed by atoms with Crippen LogP contribution in [0.2, 0.25) is 0 Å². The van der Waals surface area contributed by atoms with Gasteiger partial charge in [0, 0.05) is 32.3 Å². The summed E-state index contributed by atoms with van der Waals surface area (Å²) in [5.41, 5.74) is 0.253. The number of nitrogens with zero attached hydrogens (tertiary/aromatic N) is 3. The Hall–Kier alpha value is -1.77. The van der Waals surface area contributed by atoms with Crippen molar-refractivity contribution in [3.63, 3.8) is 0 Å².